The van der Waals surface area contributed by atoms with Crippen LogP contribution in [0.5, 0.6) is 0 Å². The van der Waals surface area contributed by atoms with Gasteiger partial charge in [0.05, 0.1) is 0 Å². The lowest BCUT2D eigenvalue weighted by molar-refractivity contribution is -0.660. The van der Waals surface area contributed by atoms with Crippen LogP contribution in [0, 0.1) is 103 Å². The van der Waals surface area contributed by atoms with Gasteiger partial charge < -0.3 is 0 Å². The maximum atomic E-state index is 8.09. The van der Waals surface area contributed by atoms with E-state index in [1.165, 1.54) is 11.1 Å². The van der Waals surface area contributed by atoms with Crippen molar-refractivity contribution in [2.45, 2.75) is 103 Å². The third-order valence-electron chi connectivity index (χ3n) is 20.8. The molecule has 0 bridgehead atoms. The summed E-state index contributed by atoms with van der Waals surface area (Å²) in [7, 11) is 9.11. The topological polar surface area (TPSA) is 19.4 Å². The normalized spacial score (nSPS) is 15.2. The Hall–Kier alpha value is -12.8. The highest BCUT2D eigenvalue weighted by atomic mass is 14.9. The van der Waals surface area contributed by atoms with E-state index in [1.807, 2.05) is 266 Å². The molecule has 0 spiro atoms. The molecule has 578 valence electrons. The average Bonchev–Trinajstić information content (AvgIpc) is 0.751. The van der Waals surface area contributed by atoms with Gasteiger partial charge in [0, 0.05) is 123 Å². The van der Waals surface area contributed by atoms with Gasteiger partial charge in [0.15, 0.2) is 31.0 Å². The zero-order valence-corrected chi connectivity index (χ0v) is 67.4. The van der Waals surface area contributed by atoms with Gasteiger partial charge in [-0.15, -0.1) is 0 Å². The smallest absolute Gasteiger partial charge is 0.201 e. The summed E-state index contributed by atoms with van der Waals surface area (Å²) in [6.45, 7) is -8.49. The number of hydrogen-bond donors (Lipinski definition) is 0. The van der Waals surface area contributed by atoms with Crippen molar-refractivity contribution in [1.29, 1.82) is 0 Å². The number of benzene rings is 11. The van der Waals surface area contributed by atoms with Crippen LogP contribution in [-0.2, 0) is 35.2 Å². The fourth-order valence-electron chi connectivity index (χ4n) is 14.6. The van der Waals surface area contributed by atoms with Crippen molar-refractivity contribution in [2.24, 2.45) is 35.2 Å². The molecule has 11 aromatic carbocycles. The Morgan fingerprint density at radius 3 is 0.802 bits per heavy atom. The van der Waals surface area contributed by atoms with Crippen molar-refractivity contribution >= 4 is 0 Å². The van der Waals surface area contributed by atoms with E-state index in [0.717, 1.165) is 112 Å². The van der Waals surface area contributed by atoms with E-state index in [-0.39, 0.29) is 16.7 Å². The van der Waals surface area contributed by atoms with Gasteiger partial charge in [-0.3, -0.25) is 0 Å². The van der Waals surface area contributed by atoms with Crippen LogP contribution < -0.4 is 22.8 Å². The Morgan fingerprint density at radius 2 is 0.448 bits per heavy atom. The molecule has 0 fully saturated rings. The second-order valence-corrected chi connectivity index (χ2v) is 29.3. The van der Waals surface area contributed by atoms with Gasteiger partial charge in [-0.2, -0.15) is 0 Å². The summed E-state index contributed by atoms with van der Waals surface area (Å²) >= 11 is 0. The highest BCUT2D eigenvalue weighted by Gasteiger charge is 2.23. The molecule has 5 nitrogen and oxygen atoms in total. The standard InChI is InChI=1S/C27H26N.C22H24N.2C21H22N.C20H20N/c1-19-15-20(2)26(16-24(19)22-11-7-5-8-12-22)27-17-25(21(3)18-28(27)4)23-13-9-6-10-14-23;1-15-12-22(23(5)14-18(15)4)21-13-20(16(2)11-17(21)3)19-9-7-6-8-10-19;1-15-10-11-21(22(4)14-15)20-13-19(16(2)12-17(20)3)18-8-6-5-7-9-18;1-15-10-11-19(16(2)12-15)21-13-20(17(3)14-22(21)4)18-8-6-5-7-9-18;1-15-9-12-20(21(3)14-15)19-11-10-18(13-16(19)2)17-7-5-4-6-8-17/h5-18H,1-4H3;6-14H,1-5H3;2*5-14H,1-4H3;4-14H,1-3H3/q5*+1/i1D3,3D3;2D3,4D3;1D3,2D3;1D3,3D3;1D3. The van der Waals surface area contributed by atoms with Crippen LogP contribution >= 0.6 is 0 Å². The number of nitrogens with zero attached hydrogens (tertiary/aromatic N) is 5. The first-order chi connectivity index (χ1) is 66.7. The third-order valence-corrected chi connectivity index (χ3v) is 20.8. The second kappa shape index (κ2) is 37.4. The molecule has 5 heteroatoms. The fraction of sp³-hybridized carbons (Fsp3) is 0.180. The van der Waals surface area contributed by atoms with Gasteiger partial charge >= 0.3 is 0 Å². The SMILES string of the molecule is [2H]C([2H])([2H])c1c[n+](C)c(-c2cc(-c3ccccc3)c(C([2H])([2H])[2H])cc2C)cc1C.[2H]C([2H])([2H])c1cc(C)c(-c2cc(-c3ccccc3)c(C([2H])([2H])[2H])c[n+]2C)cc1-c1ccccc1.[2H]C([2H])([2H])c1ccc(-c2cc(-c3ccccc3)c(C([2H])([2H])[2H])c[n+]2C)c(C)c1.[2H]C([2H])([2H])c1ccc(-c2cc(-c3ccccc3)c(C([2H])([2H])[2H])cc2C)[n+](C)c1.[2H]C([2H])([2H])c1ccc(-c2ccc(-c3ccccc3)cc2C)[n+](C)c1. The van der Waals surface area contributed by atoms with Gasteiger partial charge in [-0.25, -0.2) is 22.8 Å². The van der Waals surface area contributed by atoms with Crippen LogP contribution in [0.2, 0.25) is 0 Å². The Balaban J connectivity index is 0.000000160. The first-order valence-electron chi connectivity index (χ1n) is 51.8. The summed E-state index contributed by atoms with van der Waals surface area (Å²) in [4.78, 5) is 0. The van der Waals surface area contributed by atoms with E-state index in [4.69, 9.17) is 37.0 Å². The molecule has 16 aromatic rings. The van der Waals surface area contributed by atoms with Crippen molar-refractivity contribution < 1.29 is 59.8 Å². The molecule has 0 aliphatic heterocycles. The van der Waals surface area contributed by atoms with E-state index < -0.39 is 61.7 Å². The molecule has 0 N–H and O–H groups in total. The van der Waals surface area contributed by atoms with Crippen molar-refractivity contribution in [3.05, 3.63) is 412 Å². The maximum Gasteiger partial charge on any atom is 0.213 e. The molecule has 0 atom stereocenters. The van der Waals surface area contributed by atoms with Crippen LogP contribution in [-0.4, -0.2) is 0 Å². The molecular weight excluding hydrogens is 1400 g/mol. The van der Waals surface area contributed by atoms with Gasteiger partial charge in [0.2, 0.25) is 28.5 Å². The number of hydrogen-bond acceptors (Lipinski definition) is 0. The molecule has 0 saturated heterocycles. The van der Waals surface area contributed by atoms with Crippen LogP contribution in [0.4, 0.5) is 0 Å². The summed E-state index contributed by atoms with van der Waals surface area (Å²) < 4.78 is 220. The van der Waals surface area contributed by atoms with Crippen LogP contribution in [0.25, 0.3) is 123 Å². The predicted octanol–water partition coefficient (Wildman–Crippen LogP) is 25.5. The Kier molecular flexibility index (Phi) is 17.4. The van der Waals surface area contributed by atoms with Crippen molar-refractivity contribution in [1.82, 2.24) is 0 Å². The van der Waals surface area contributed by atoms with E-state index in [0.29, 0.717) is 66.8 Å². The first-order valence-corrected chi connectivity index (χ1v) is 38.3. The molecule has 0 aliphatic rings. The molecular formula is C111H114N5+5. The zero-order chi connectivity index (χ0) is 105. The van der Waals surface area contributed by atoms with Gasteiger partial charge in [-0.05, 0) is 263 Å². The quantitative estimate of drug-likeness (QED) is 0.115. The van der Waals surface area contributed by atoms with Crippen LogP contribution in [0.3, 0.4) is 0 Å². The first kappa shape index (κ1) is 54.0. The number of rotatable bonds is 11. The third kappa shape index (κ3) is 19.7. The minimum absolute atomic E-state index is 0.263. The molecule has 5 heterocycles. The molecule has 0 aliphatic carbocycles. The predicted molar refractivity (Wildman–Crippen MR) is 489 cm³/mol. The molecule has 0 saturated carbocycles. The van der Waals surface area contributed by atoms with Crippen molar-refractivity contribution in [2.75, 3.05) is 0 Å². The largest absolute Gasteiger partial charge is 0.213 e. The number of pyridine rings is 5. The van der Waals surface area contributed by atoms with E-state index in [2.05, 4.69) is 37.3 Å². The van der Waals surface area contributed by atoms with Gasteiger partial charge in [-0.1, -0.05) is 230 Å². The highest BCUT2D eigenvalue weighted by molar-refractivity contribution is 5.81. The van der Waals surface area contributed by atoms with Crippen molar-refractivity contribution in [3.8, 4) is 123 Å². The van der Waals surface area contributed by atoms with E-state index >= 15 is 0 Å². The molecule has 0 unspecified atom stereocenters. The summed E-state index contributed by atoms with van der Waals surface area (Å²) in [6.07, 6.45) is 8.22. The summed E-state index contributed by atoms with van der Waals surface area (Å²) in [5.74, 6) is 0. The fourth-order valence-corrected chi connectivity index (χ4v) is 14.6. The van der Waals surface area contributed by atoms with Crippen LogP contribution in [0.15, 0.2) is 328 Å². The van der Waals surface area contributed by atoms with Crippen LogP contribution in [0.1, 0.15) is 120 Å². The second-order valence-electron chi connectivity index (χ2n) is 29.3. The number of aryl methyl sites for hydroxylation is 20. The maximum absolute atomic E-state index is 8.09. The summed E-state index contributed by atoms with van der Waals surface area (Å²) in [5.41, 5.74) is 26.4. The summed E-state index contributed by atoms with van der Waals surface area (Å²) in [5, 5.41) is 0. The lowest BCUT2D eigenvalue weighted by Crippen LogP contribution is -2.31. The molecule has 116 heavy (non-hydrogen) atoms. The lowest BCUT2D eigenvalue weighted by atomic mass is 9.92. The molecule has 0 amide bonds. The zero-order valence-electron chi connectivity index (χ0n) is 94.4. The van der Waals surface area contributed by atoms with Gasteiger partial charge in [0.1, 0.15) is 35.2 Å². The van der Waals surface area contributed by atoms with E-state index in [9.17, 15) is 0 Å². The molecule has 0 radical (unpaired) electrons. The minimum atomic E-state index is -2.28. The Labute approximate surface area is 730 Å². The monoisotopic (exact) mass is 1540 g/mol. The number of aromatic nitrogens is 5. The Bertz CT molecular complexity index is 6980. The summed E-state index contributed by atoms with van der Waals surface area (Å²) in [6, 6.07) is 92.3. The Morgan fingerprint density at radius 1 is 0.164 bits per heavy atom. The molecule has 16 rings (SSSR count). The molecule has 5 aromatic heterocycles. The highest BCUT2D eigenvalue weighted by Crippen LogP contribution is 2.37. The van der Waals surface area contributed by atoms with Gasteiger partial charge in [0.25, 0.3) is 0 Å². The lowest BCUT2D eigenvalue weighted by Gasteiger charge is -2.13. The van der Waals surface area contributed by atoms with Crippen molar-refractivity contribution in [3.63, 3.8) is 0 Å². The average molecular weight is 1550 g/mol. The minimum Gasteiger partial charge on any atom is -0.201 e. The van der Waals surface area contributed by atoms with E-state index in [1.54, 1.807) is 125 Å².